The van der Waals surface area contributed by atoms with Gasteiger partial charge in [0, 0.05) is 45.1 Å². The van der Waals surface area contributed by atoms with Crippen molar-refractivity contribution in [2.75, 3.05) is 39.2 Å². The van der Waals surface area contributed by atoms with Crippen LogP contribution in [0.5, 0.6) is 0 Å². The molecule has 0 amide bonds. The highest BCUT2D eigenvalue weighted by atomic mass is 16.5. The molecule has 1 aliphatic rings. The summed E-state index contributed by atoms with van der Waals surface area (Å²) in [6.07, 6.45) is 3.61. The summed E-state index contributed by atoms with van der Waals surface area (Å²) >= 11 is 0. The molecule has 1 fully saturated rings. The molecule has 2 rings (SSSR count). The third kappa shape index (κ3) is 5.49. The minimum absolute atomic E-state index is 0.745. The number of rotatable bonds is 10. The third-order valence-corrected chi connectivity index (χ3v) is 3.59. The van der Waals surface area contributed by atoms with Gasteiger partial charge in [-0.2, -0.15) is 0 Å². The second-order valence-corrected chi connectivity index (χ2v) is 5.40. The molecule has 4 heteroatoms. The van der Waals surface area contributed by atoms with Gasteiger partial charge >= 0.3 is 0 Å². The van der Waals surface area contributed by atoms with Gasteiger partial charge in [-0.1, -0.05) is 12.1 Å². The van der Waals surface area contributed by atoms with Crippen LogP contribution in [0.2, 0.25) is 0 Å². The number of nitrogens with zero attached hydrogens (tertiary/aromatic N) is 1. The number of hydrogen-bond acceptors (Lipinski definition) is 4. The molecule has 1 saturated carbocycles. The van der Waals surface area contributed by atoms with E-state index >= 15 is 0 Å². The van der Waals surface area contributed by atoms with E-state index in [2.05, 4.69) is 17.0 Å². The van der Waals surface area contributed by atoms with Crippen molar-refractivity contribution < 1.29 is 9.47 Å². The molecule has 4 nitrogen and oxygen atoms in total. The van der Waals surface area contributed by atoms with Crippen molar-refractivity contribution in [3.05, 3.63) is 29.8 Å². The van der Waals surface area contributed by atoms with Gasteiger partial charge in [-0.25, -0.2) is 0 Å². The highest BCUT2D eigenvalue weighted by Crippen LogP contribution is 2.28. The van der Waals surface area contributed by atoms with Crippen molar-refractivity contribution in [1.82, 2.24) is 4.90 Å². The molecule has 0 unspecified atom stereocenters. The summed E-state index contributed by atoms with van der Waals surface area (Å²) in [7, 11) is 1.72. The summed E-state index contributed by atoms with van der Waals surface area (Å²) in [5.74, 6) is 0. The fraction of sp³-hybridized carbons (Fsp3) is 0.625. The summed E-state index contributed by atoms with van der Waals surface area (Å²) < 4.78 is 10.7. The Morgan fingerprint density at radius 3 is 2.55 bits per heavy atom. The molecule has 0 aromatic heterocycles. The molecule has 0 heterocycles. The van der Waals surface area contributed by atoms with E-state index in [0.29, 0.717) is 0 Å². The van der Waals surface area contributed by atoms with Gasteiger partial charge in [0.15, 0.2) is 0 Å². The van der Waals surface area contributed by atoms with Crippen LogP contribution in [0.25, 0.3) is 0 Å². The Hall–Kier alpha value is -1.10. The van der Waals surface area contributed by atoms with Gasteiger partial charge in [-0.15, -0.1) is 0 Å². The van der Waals surface area contributed by atoms with E-state index in [0.717, 1.165) is 51.1 Å². The van der Waals surface area contributed by atoms with Crippen molar-refractivity contribution >= 4 is 5.69 Å². The summed E-state index contributed by atoms with van der Waals surface area (Å²) in [6.45, 7) is 4.36. The molecule has 1 aromatic carbocycles. The molecule has 2 N–H and O–H groups in total. The Balaban J connectivity index is 1.69. The van der Waals surface area contributed by atoms with Crippen LogP contribution in [0, 0.1) is 0 Å². The molecule has 1 aromatic rings. The van der Waals surface area contributed by atoms with Crippen LogP contribution in [0.4, 0.5) is 5.69 Å². The van der Waals surface area contributed by atoms with Crippen LogP contribution < -0.4 is 5.73 Å². The number of ether oxygens (including phenoxy) is 2. The first kappa shape index (κ1) is 15.3. The predicted molar refractivity (Wildman–Crippen MR) is 81.6 cm³/mol. The average Bonchev–Trinajstić information content (AvgIpc) is 3.28. The summed E-state index contributed by atoms with van der Waals surface area (Å²) in [6, 6.07) is 8.92. The average molecular weight is 278 g/mol. The Kier molecular flexibility index (Phi) is 6.30. The van der Waals surface area contributed by atoms with E-state index in [-0.39, 0.29) is 0 Å². The normalized spacial score (nSPS) is 14.9. The van der Waals surface area contributed by atoms with E-state index in [1.807, 2.05) is 12.1 Å². The molecular weight excluding hydrogens is 252 g/mol. The lowest BCUT2D eigenvalue weighted by Gasteiger charge is -2.22. The zero-order valence-corrected chi connectivity index (χ0v) is 12.4. The first-order chi connectivity index (χ1) is 9.79. The van der Waals surface area contributed by atoms with Crippen molar-refractivity contribution in [1.29, 1.82) is 0 Å². The number of anilines is 1. The number of nitrogen functional groups attached to an aromatic ring is 1. The lowest BCUT2D eigenvalue weighted by Crippen LogP contribution is -2.29. The van der Waals surface area contributed by atoms with Gasteiger partial charge in [0.05, 0.1) is 6.61 Å². The SMILES string of the molecule is COCCCOCCN(Cc1ccc(N)cc1)C1CC1. The number of nitrogens with two attached hydrogens (primary N) is 1. The van der Waals surface area contributed by atoms with Crippen molar-refractivity contribution in [3.8, 4) is 0 Å². The van der Waals surface area contributed by atoms with Gasteiger partial charge in [0.25, 0.3) is 0 Å². The second-order valence-electron chi connectivity index (χ2n) is 5.40. The lowest BCUT2D eigenvalue weighted by atomic mass is 10.2. The third-order valence-electron chi connectivity index (χ3n) is 3.59. The van der Waals surface area contributed by atoms with Gasteiger partial charge in [0.2, 0.25) is 0 Å². The van der Waals surface area contributed by atoms with E-state index < -0.39 is 0 Å². The molecule has 0 aliphatic heterocycles. The van der Waals surface area contributed by atoms with Gasteiger partial charge < -0.3 is 15.2 Å². The minimum atomic E-state index is 0.745. The van der Waals surface area contributed by atoms with Crippen molar-refractivity contribution in [3.63, 3.8) is 0 Å². The van der Waals surface area contributed by atoms with Crippen LogP contribution in [-0.4, -0.2) is 44.4 Å². The Labute approximate surface area is 121 Å². The van der Waals surface area contributed by atoms with Gasteiger partial charge in [-0.05, 0) is 37.0 Å². The standard InChI is InChI=1S/C16H26N2O2/c1-19-10-2-11-20-12-9-18(16-7-8-16)13-14-3-5-15(17)6-4-14/h3-6,16H,2,7-13,17H2,1H3. The van der Waals surface area contributed by atoms with Gasteiger partial charge in [0.1, 0.15) is 0 Å². The molecule has 0 atom stereocenters. The molecule has 20 heavy (non-hydrogen) atoms. The second kappa shape index (κ2) is 8.25. The first-order valence-electron chi connectivity index (χ1n) is 7.45. The predicted octanol–water partition coefficient (Wildman–Crippen LogP) is 2.29. The topological polar surface area (TPSA) is 47.7 Å². The van der Waals surface area contributed by atoms with E-state index in [1.54, 1.807) is 7.11 Å². The maximum absolute atomic E-state index is 5.72. The molecule has 0 bridgehead atoms. The van der Waals surface area contributed by atoms with Crippen LogP contribution in [0.3, 0.4) is 0 Å². The molecule has 0 spiro atoms. The number of benzene rings is 1. The molecule has 112 valence electrons. The highest BCUT2D eigenvalue weighted by Gasteiger charge is 2.28. The Bertz CT molecular complexity index is 377. The fourth-order valence-corrected chi connectivity index (χ4v) is 2.28. The maximum atomic E-state index is 5.72. The zero-order valence-electron chi connectivity index (χ0n) is 12.4. The summed E-state index contributed by atoms with van der Waals surface area (Å²) in [5, 5.41) is 0. The van der Waals surface area contributed by atoms with Crippen molar-refractivity contribution in [2.45, 2.75) is 31.8 Å². The summed E-state index contributed by atoms with van der Waals surface area (Å²) in [4.78, 5) is 2.52. The number of hydrogen-bond donors (Lipinski definition) is 1. The van der Waals surface area contributed by atoms with E-state index in [9.17, 15) is 0 Å². The Morgan fingerprint density at radius 1 is 1.15 bits per heavy atom. The quantitative estimate of drug-likeness (QED) is 0.527. The largest absolute Gasteiger partial charge is 0.399 e. The molecular formula is C16H26N2O2. The smallest absolute Gasteiger partial charge is 0.0593 e. The van der Waals surface area contributed by atoms with Crippen LogP contribution in [-0.2, 0) is 16.0 Å². The minimum Gasteiger partial charge on any atom is -0.399 e. The zero-order chi connectivity index (χ0) is 14.2. The lowest BCUT2D eigenvalue weighted by molar-refractivity contribution is 0.0800. The molecule has 0 saturated heterocycles. The van der Waals surface area contributed by atoms with Crippen LogP contribution in [0.15, 0.2) is 24.3 Å². The van der Waals surface area contributed by atoms with Gasteiger partial charge in [-0.3, -0.25) is 4.90 Å². The van der Waals surface area contributed by atoms with E-state index in [1.165, 1.54) is 18.4 Å². The van der Waals surface area contributed by atoms with E-state index in [4.69, 9.17) is 15.2 Å². The van der Waals surface area contributed by atoms with Crippen LogP contribution in [0.1, 0.15) is 24.8 Å². The maximum Gasteiger partial charge on any atom is 0.0593 e. The monoisotopic (exact) mass is 278 g/mol. The molecule has 0 radical (unpaired) electrons. The first-order valence-corrected chi connectivity index (χ1v) is 7.45. The Morgan fingerprint density at radius 2 is 1.90 bits per heavy atom. The molecule has 1 aliphatic carbocycles. The summed E-state index contributed by atoms with van der Waals surface area (Å²) in [5.41, 5.74) is 7.88. The highest BCUT2D eigenvalue weighted by molar-refractivity contribution is 5.39. The van der Waals surface area contributed by atoms with Crippen LogP contribution >= 0.6 is 0 Å². The number of methoxy groups -OCH3 is 1. The van der Waals surface area contributed by atoms with Crippen molar-refractivity contribution in [2.24, 2.45) is 0 Å². The fourth-order valence-electron chi connectivity index (χ4n) is 2.28.